The summed E-state index contributed by atoms with van der Waals surface area (Å²) < 4.78 is 0. The number of benzene rings is 2. The predicted molar refractivity (Wildman–Crippen MR) is 122 cm³/mol. The molecular formula is C22H17Cl2N3O3S. The quantitative estimate of drug-likeness (QED) is 0.495. The van der Waals surface area contributed by atoms with E-state index in [4.69, 9.17) is 23.2 Å². The van der Waals surface area contributed by atoms with Crippen molar-refractivity contribution < 1.29 is 14.4 Å². The van der Waals surface area contributed by atoms with Crippen molar-refractivity contribution in [3.63, 3.8) is 0 Å². The number of hydrogen-bond donors (Lipinski definition) is 1. The van der Waals surface area contributed by atoms with Gasteiger partial charge in [-0.05, 0) is 12.1 Å². The van der Waals surface area contributed by atoms with Gasteiger partial charge in [-0.1, -0.05) is 70.9 Å². The SMILES string of the molecule is O=C(CCN1C(=O)CCC1=O)Nc1nc(-c2ccccc2Cl)c(-c2ccccc2Cl)s1. The highest BCUT2D eigenvalue weighted by molar-refractivity contribution is 7.19. The molecule has 1 N–H and O–H groups in total. The minimum absolute atomic E-state index is 0.0000863. The molecule has 0 bridgehead atoms. The first kappa shape index (κ1) is 21.5. The molecule has 0 aliphatic carbocycles. The standard InChI is InChI=1S/C22H17Cl2N3O3S/c23-15-7-3-1-5-13(15)20-21(14-6-2-4-8-16(14)24)31-22(26-20)25-17(28)11-12-27-18(29)9-10-19(27)30/h1-8H,9-12H2,(H,25,26,28). The summed E-state index contributed by atoms with van der Waals surface area (Å²) in [5, 5.41) is 4.24. The van der Waals surface area contributed by atoms with Crippen molar-refractivity contribution in [2.24, 2.45) is 0 Å². The van der Waals surface area contributed by atoms with Gasteiger partial charge >= 0.3 is 0 Å². The zero-order chi connectivity index (χ0) is 22.0. The lowest BCUT2D eigenvalue weighted by molar-refractivity contribution is -0.138. The molecule has 0 radical (unpaired) electrons. The van der Waals surface area contributed by atoms with Crippen molar-refractivity contribution in [2.75, 3.05) is 11.9 Å². The number of rotatable bonds is 6. The van der Waals surface area contributed by atoms with Crippen LogP contribution in [0.15, 0.2) is 48.5 Å². The number of nitrogens with zero attached hydrogens (tertiary/aromatic N) is 2. The van der Waals surface area contributed by atoms with E-state index in [1.807, 2.05) is 36.4 Å². The lowest BCUT2D eigenvalue weighted by Crippen LogP contribution is -2.32. The monoisotopic (exact) mass is 473 g/mol. The van der Waals surface area contributed by atoms with Crippen LogP contribution >= 0.6 is 34.5 Å². The Morgan fingerprint density at radius 2 is 1.55 bits per heavy atom. The fraction of sp³-hybridized carbons (Fsp3) is 0.182. The second-order valence-electron chi connectivity index (χ2n) is 6.89. The van der Waals surface area contributed by atoms with Gasteiger partial charge in [0, 0.05) is 42.0 Å². The summed E-state index contributed by atoms with van der Waals surface area (Å²) in [6.45, 7) is 0.0591. The maximum Gasteiger partial charge on any atom is 0.229 e. The third kappa shape index (κ3) is 4.63. The van der Waals surface area contributed by atoms with Crippen molar-refractivity contribution in [1.29, 1.82) is 0 Å². The number of amides is 3. The zero-order valence-corrected chi connectivity index (χ0v) is 18.6. The Morgan fingerprint density at radius 1 is 0.968 bits per heavy atom. The highest BCUT2D eigenvalue weighted by atomic mass is 35.5. The third-order valence-corrected chi connectivity index (χ3v) is 6.50. The second-order valence-corrected chi connectivity index (χ2v) is 8.71. The first-order valence-electron chi connectivity index (χ1n) is 9.57. The van der Waals surface area contributed by atoms with Crippen molar-refractivity contribution >= 4 is 57.4 Å². The van der Waals surface area contributed by atoms with Crippen LogP contribution in [0.25, 0.3) is 21.7 Å². The van der Waals surface area contributed by atoms with Crippen molar-refractivity contribution in [3.05, 3.63) is 58.6 Å². The van der Waals surface area contributed by atoms with E-state index in [-0.39, 0.29) is 43.5 Å². The highest BCUT2D eigenvalue weighted by Crippen LogP contribution is 2.43. The first-order chi connectivity index (χ1) is 14.9. The van der Waals surface area contributed by atoms with Gasteiger partial charge in [0.15, 0.2) is 5.13 Å². The number of halogens is 2. The first-order valence-corrected chi connectivity index (χ1v) is 11.1. The van der Waals surface area contributed by atoms with Crippen LogP contribution in [-0.2, 0) is 14.4 Å². The van der Waals surface area contributed by atoms with Crippen LogP contribution in [-0.4, -0.2) is 34.2 Å². The van der Waals surface area contributed by atoms with Crippen molar-refractivity contribution in [2.45, 2.75) is 19.3 Å². The smallest absolute Gasteiger partial charge is 0.229 e. The lowest BCUT2D eigenvalue weighted by Gasteiger charge is -2.12. The number of likely N-dealkylation sites (tertiary alicyclic amines) is 1. The fourth-order valence-electron chi connectivity index (χ4n) is 3.30. The topological polar surface area (TPSA) is 79.4 Å². The van der Waals surface area contributed by atoms with E-state index in [0.29, 0.717) is 20.9 Å². The molecule has 31 heavy (non-hydrogen) atoms. The summed E-state index contributed by atoms with van der Waals surface area (Å²) in [5.41, 5.74) is 2.12. The largest absolute Gasteiger partial charge is 0.302 e. The Kier molecular flexibility index (Phi) is 6.36. The normalized spacial score (nSPS) is 13.7. The number of anilines is 1. The molecule has 0 spiro atoms. The van der Waals surface area contributed by atoms with E-state index < -0.39 is 0 Å². The summed E-state index contributed by atoms with van der Waals surface area (Å²) in [4.78, 5) is 42.4. The molecule has 0 atom stereocenters. The van der Waals surface area contributed by atoms with Gasteiger partial charge in [-0.25, -0.2) is 4.98 Å². The van der Waals surface area contributed by atoms with Crippen LogP contribution in [0, 0.1) is 0 Å². The van der Waals surface area contributed by atoms with Crippen LogP contribution in [0.3, 0.4) is 0 Å². The summed E-state index contributed by atoms with van der Waals surface area (Å²) in [5.74, 6) is -0.819. The van der Waals surface area contributed by atoms with Crippen LogP contribution in [0.1, 0.15) is 19.3 Å². The van der Waals surface area contributed by atoms with E-state index in [0.717, 1.165) is 20.9 Å². The Labute approximate surface area is 192 Å². The van der Waals surface area contributed by atoms with Crippen molar-refractivity contribution in [1.82, 2.24) is 9.88 Å². The van der Waals surface area contributed by atoms with Gasteiger partial charge in [-0.3, -0.25) is 19.3 Å². The van der Waals surface area contributed by atoms with Gasteiger partial charge in [-0.15, -0.1) is 0 Å². The Hall–Kier alpha value is -2.74. The molecule has 9 heteroatoms. The number of imide groups is 1. The number of carbonyl (C=O) groups is 3. The molecule has 1 aromatic heterocycles. The Bertz CT molecular complexity index is 1100. The molecule has 1 saturated heterocycles. The molecule has 4 rings (SSSR count). The molecule has 0 saturated carbocycles. The molecular weight excluding hydrogens is 457 g/mol. The molecule has 2 aromatic carbocycles. The fourth-order valence-corrected chi connectivity index (χ4v) is 4.85. The summed E-state index contributed by atoms with van der Waals surface area (Å²) >= 11 is 14.1. The minimum Gasteiger partial charge on any atom is -0.302 e. The molecule has 2 heterocycles. The lowest BCUT2D eigenvalue weighted by atomic mass is 10.1. The summed E-state index contributed by atoms with van der Waals surface area (Å²) in [7, 11) is 0. The number of aromatic nitrogens is 1. The van der Waals surface area contributed by atoms with E-state index >= 15 is 0 Å². The van der Waals surface area contributed by atoms with Gasteiger partial charge < -0.3 is 5.32 Å². The molecule has 1 aliphatic rings. The third-order valence-electron chi connectivity index (χ3n) is 4.84. The molecule has 0 unspecified atom stereocenters. The van der Waals surface area contributed by atoms with Gasteiger partial charge in [-0.2, -0.15) is 0 Å². The van der Waals surface area contributed by atoms with E-state index in [1.165, 1.54) is 11.3 Å². The maximum atomic E-state index is 12.5. The number of thiazole rings is 1. The average molecular weight is 474 g/mol. The molecule has 1 fully saturated rings. The van der Waals surface area contributed by atoms with Crippen LogP contribution in [0.4, 0.5) is 5.13 Å². The zero-order valence-electron chi connectivity index (χ0n) is 16.2. The van der Waals surface area contributed by atoms with Gasteiger partial charge in [0.1, 0.15) is 0 Å². The number of nitrogens with one attached hydrogen (secondary N) is 1. The van der Waals surface area contributed by atoms with Gasteiger partial charge in [0.2, 0.25) is 17.7 Å². The second kappa shape index (κ2) is 9.18. The minimum atomic E-state index is -0.335. The van der Waals surface area contributed by atoms with Crippen LogP contribution in [0.2, 0.25) is 10.0 Å². The summed E-state index contributed by atoms with van der Waals surface area (Å²) in [6, 6.07) is 14.7. The average Bonchev–Trinajstić information content (AvgIpc) is 3.30. The molecule has 6 nitrogen and oxygen atoms in total. The van der Waals surface area contributed by atoms with Gasteiger partial charge in [0.25, 0.3) is 0 Å². The Morgan fingerprint density at radius 3 is 2.16 bits per heavy atom. The van der Waals surface area contributed by atoms with Crippen molar-refractivity contribution in [3.8, 4) is 21.7 Å². The van der Waals surface area contributed by atoms with E-state index in [9.17, 15) is 14.4 Å². The molecule has 158 valence electrons. The van der Waals surface area contributed by atoms with E-state index in [1.54, 1.807) is 12.1 Å². The maximum absolute atomic E-state index is 12.5. The highest BCUT2D eigenvalue weighted by Gasteiger charge is 2.29. The number of hydrogen-bond acceptors (Lipinski definition) is 5. The number of carbonyl (C=O) groups excluding carboxylic acids is 3. The van der Waals surface area contributed by atoms with Crippen LogP contribution in [0.5, 0.6) is 0 Å². The molecule has 3 amide bonds. The summed E-state index contributed by atoms with van der Waals surface area (Å²) in [6.07, 6.45) is 0.407. The van der Waals surface area contributed by atoms with E-state index in [2.05, 4.69) is 10.3 Å². The van der Waals surface area contributed by atoms with Crippen LogP contribution < -0.4 is 5.32 Å². The predicted octanol–water partition coefficient (Wildman–Crippen LogP) is 5.26. The van der Waals surface area contributed by atoms with Gasteiger partial charge in [0.05, 0.1) is 15.6 Å². The Balaban J connectivity index is 1.60. The molecule has 3 aromatic rings. The molecule has 1 aliphatic heterocycles.